The van der Waals surface area contributed by atoms with Crippen molar-refractivity contribution in [3.63, 3.8) is 0 Å². The van der Waals surface area contributed by atoms with Crippen LogP contribution in [0.3, 0.4) is 0 Å². The topological polar surface area (TPSA) is 84.2 Å². The molecule has 0 unspecified atom stereocenters. The summed E-state index contributed by atoms with van der Waals surface area (Å²) in [6, 6.07) is 9.15. The van der Waals surface area contributed by atoms with Crippen LogP contribution >= 0.6 is 0 Å². The summed E-state index contributed by atoms with van der Waals surface area (Å²) in [4.78, 5) is 29.4. The third-order valence-corrected chi connectivity index (χ3v) is 4.99. The summed E-state index contributed by atoms with van der Waals surface area (Å²) in [7, 11) is 0. The Kier molecular flexibility index (Phi) is 5.12. The van der Waals surface area contributed by atoms with Gasteiger partial charge < -0.3 is 15.1 Å². The average molecular weight is 393 g/mol. The Morgan fingerprint density at radius 1 is 1.03 bits per heavy atom. The van der Waals surface area contributed by atoms with E-state index in [4.69, 9.17) is 4.42 Å². The monoisotopic (exact) mass is 393 g/mol. The van der Waals surface area contributed by atoms with E-state index < -0.39 is 11.7 Å². The summed E-state index contributed by atoms with van der Waals surface area (Å²) in [6.07, 6.45) is 5.46. The maximum atomic E-state index is 14.2. The minimum absolute atomic E-state index is 0.0354. The number of fused-ring (bicyclic) bond motifs is 1. The summed E-state index contributed by atoms with van der Waals surface area (Å²) in [5.74, 6) is -1.04. The maximum absolute atomic E-state index is 14.2. The number of hydrogen-bond acceptors (Lipinski definition) is 4. The van der Waals surface area contributed by atoms with Crippen molar-refractivity contribution in [2.75, 3.05) is 10.6 Å². The Balaban J connectivity index is 1.51. The number of anilines is 2. The van der Waals surface area contributed by atoms with Gasteiger partial charge >= 0.3 is 0 Å². The van der Waals surface area contributed by atoms with Crippen molar-refractivity contribution in [3.05, 3.63) is 76.8 Å². The lowest BCUT2D eigenvalue weighted by atomic mass is 9.96. The molecule has 6 nitrogen and oxygen atoms in total. The van der Waals surface area contributed by atoms with Crippen molar-refractivity contribution < 1.29 is 18.4 Å². The molecular weight excluding hydrogens is 373 g/mol. The van der Waals surface area contributed by atoms with Crippen molar-refractivity contribution in [3.8, 4) is 0 Å². The van der Waals surface area contributed by atoms with E-state index in [-0.39, 0.29) is 11.6 Å². The molecule has 2 N–H and O–H groups in total. The molecule has 0 spiro atoms. The number of pyridine rings is 1. The highest BCUT2D eigenvalue weighted by atomic mass is 19.1. The number of nitrogens with one attached hydrogen (secondary N) is 2. The zero-order valence-electron chi connectivity index (χ0n) is 15.9. The van der Waals surface area contributed by atoms with Gasteiger partial charge in [-0.3, -0.25) is 9.59 Å². The first kappa shape index (κ1) is 18.9. The molecule has 2 amide bonds. The van der Waals surface area contributed by atoms with Crippen LogP contribution in [0.15, 0.2) is 47.1 Å². The van der Waals surface area contributed by atoms with Crippen LogP contribution in [0.5, 0.6) is 0 Å². The maximum Gasteiger partial charge on any atom is 0.274 e. The summed E-state index contributed by atoms with van der Waals surface area (Å²) < 4.78 is 19.3. The van der Waals surface area contributed by atoms with Gasteiger partial charge in [0.25, 0.3) is 11.8 Å². The molecule has 3 aromatic rings. The lowest BCUT2D eigenvalue weighted by Crippen LogP contribution is -2.17. The van der Waals surface area contributed by atoms with Gasteiger partial charge in [0.05, 0.1) is 17.5 Å². The predicted octanol–water partition coefficient (Wildman–Crippen LogP) is 4.51. The van der Waals surface area contributed by atoms with Crippen LogP contribution in [0.2, 0.25) is 0 Å². The van der Waals surface area contributed by atoms with E-state index >= 15 is 0 Å². The summed E-state index contributed by atoms with van der Waals surface area (Å²) in [5, 5.41) is 5.22. The smallest absolute Gasteiger partial charge is 0.274 e. The Morgan fingerprint density at radius 3 is 2.66 bits per heavy atom. The molecule has 0 bridgehead atoms. The van der Waals surface area contributed by atoms with Crippen molar-refractivity contribution in [1.82, 2.24) is 4.98 Å². The third kappa shape index (κ3) is 4.03. The summed E-state index contributed by atoms with van der Waals surface area (Å²) >= 11 is 0. The van der Waals surface area contributed by atoms with Crippen LogP contribution in [0.25, 0.3) is 0 Å². The van der Waals surface area contributed by atoms with Gasteiger partial charge in [-0.1, -0.05) is 6.07 Å². The van der Waals surface area contributed by atoms with Crippen molar-refractivity contribution in [1.29, 1.82) is 0 Å². The molecule has 1 aliphatic rings. The number of amides is 2. The number of rotatable bonds is 4. The van der Waals surface area contributed by atoms with Gasteiger partial charge in [0.2, 0.25) is 0 Å². The van der Waals surface area contributed by atoms with E-state index in [1.54, 1.807) is 13.0 Å². The van der Waals surface area contributed by atoms with E-state index in [9.17, 15) is 14.0 Å². The number of furan rings is 1. The number of benzene rings is 1. The van der Waals surface area contributed by atoms with Gasteiger partial charge in [0.15, 0.2) is 0 Å². The van der Waals surface area contributed by atoms with Crippen molar-refractivity contribution in [2.24, 2.45) is 0 Å². The Labute approximate surface area is 167 Å². The molecule has 148 valence electrons. The predicted molar refractivity (Wildman–Crippen MR) is 107 cm³/mol. The highest BCUT2D eigenvalue weighted by Gasteiger charge is 2.17. The number of carbonyl (C=O) groups is 2. The molecule has 2 aromatic heterocycles. The van der Waals surface area contributed by atoms with Gasteiger partial charge in [-0.25, -0.2) is 9.37 Å². The van der Waals surface area contributed by atoms with Gasteiger partial charge in [0.1, 0.15) is 17.3 Å². The first-order chi connectivity index (χ1) is 14.0. The third-order valence-electron chi connectivity index (χ3n) is 4.99. The molecule has 0 atom stereocenters. The molecular formula is C22H20FN3O3. The molecule has 1 aliphatic carbocycles. The second-order valence-corrected chi connectivity index (χ2v) is 7.00. The fourth-order valence-corrected chi connectivity index (χ4v) is 3.41. The molecule has 0 saturated carbocycles. The van der Waals surface area contributed by atoms with Crippen LogP contribution in [0, 0.1) is 12.7 Å². The van der Waals surface area contributed by atoms with E-state index in [1.807, 2.05) is 6.07 Å². The van der Waals surface area contributed by atoms with Crippen LogP contribution in [-0.4, -0.2) is 16.8 Å². The molecule has 7 heteroatoms. The minimum Gasteiger partial charge on any atom is -0.469 e. The standard InChI is InChI=1S/C22H20FN3O3/c1-13-16(10-11-29-13)21(27)26-20-12-15(7-8-17(20)23)24-22(28)19-9-6-14-4-2-3-5-18(14)25-19/h6-12H,2-5H2,1H3,(H,24,28)(H,26,27). The minimum atomic E-state index is -0.607. The highest BCUT2D eigenvalue weighted by Crippen LogP contribution is 2.23. The van der Waals surface area contributed by atoms with Crippen molar-refractivity contribution in [2.45, 2.75) is 32.6 Å². The second kappa shape index (κ2) is 7.87. The number of aromatic nitrogens is 1. The number of nitrogens with zero attached hydrogens (tertiary/aromatic N) is 1. The second-order valence-electron chi connectivity index (χ2n) is 7.00. The largest absolute Gasteiger partial charge is 0.469 e. The fraction of sp³-hybridized carbons (Fsp3) is 0.227. The molecule has 29 heavy (non-hydrogen) atoms. The molecule has 2 heterocycles. The molecule has 0 saturated heterocycles. The zero-order valence-corrected chi connectivity index (χ0v) is 15.9. The van der Waals surface area contributed by atoms with E-state index in [0.717, 1.165) is 31.4 Å². The van der Waals surface area contributed by atoms with Crippen LogP contribution in [-0.2, 0) is 12.8 Å². The Morgan fingerprint density at radius 2 is 1.86 bits per heavy atom. The molecule has 0 fully saturated rings. The van der Waals surface area contributed by atoms with Gasteiger partial charge in [-0.05, 0) is 68.5 Å². The van der Waals surface area contributed by atoms with E-state index in [0.29, 0.717) is 22.7 Å². The zero-order chi connectivity index (χ0) is 20.4. The number of halogens is 1. The summed E-state index contributed by atoms with van der Waals surface area (Å²) in [5.41, 5.74) is 3.11. The molecule has 1 aromatic carbocycles. The number of hydrogen-bond donors (Lipinski definition) is 2. The van der Waals surface area contributed by atoms with Crippen molar-refractivity contribution >= 4 is 23.2 Å². The average Bonchev–Trinajstić information content (AvgIpc) is 3.16. The van der Waals surface area contributed by atoms with E-state index in [2.05, 4.69) is 15.6 Å². The van der Waals surface area contributed by atoms with Gasteiger partial charge in [-0.15, -0.1) is 0 Å². The first-order valence-electron chi connectivity index (χ1n) is 9.46. The Bertz CT molecular complexity index is 1090. The molecule has 4 rings (SSSR count). The lowest BCUT2D eigenvalue weighted by molar-refractivity contribution is 0.101. The number of aryl methyl sites for hydroxylation is 3. The highest BCUT2D eigenvalue weighted by molar-refractivity contribution is 6.06. The quantitative estimate of drug-likeness (QED) is 0.683. The van der Waals surface area contributed by atoms with E-state index in [1.165, 1.54) is 36.1 Å². The van der Waals surface area contributed by atoms with Gasteiger partial charge in [-0.2, -0.15) is 0 Å². The molecule has 0 aliphatic heterocycles. The SMILES string of the molecule is Cc1occc1C(=O)Nc1cc(NC(=O)c2ccc3c(n2)CCCC3)ccc1F. The lowest BCUT2D eigenvalue weighted by Gasteiger charge is -2.15. The van der Waals surface area contributed by atoms with Crippen LogP contribution in [0.4, 0.5) is 15.8 Å². The Hall–Kier alpha value is -3.48. The normalized spacial score (nSPS) is 12.9. The first-order valence-corrected chi connectivity index (χ1v) is 9.46. The van der Waals surface area contributed by atoms with Gasteiger partial charge in [0, 0.05) is 11.4 Å². The number of carbonyl (C=O) groups excluding carboxylic acids is 2. The van der Waals surface area contributed by atoms with Crippen LogP contribution in [0.1, 0.15) is 50.7 Å². The summed E-state index contributed by atoms with van der Waals surface area (Å²) in [6.45, 7) is 1.65. The molecule has 0 radical (unpaired) electrons. The fourth-order valence-electron chi connectivity index (χ4n) is 3.41. The van der Waals surface area contributed by atoms with Crippen LogP contribution < -0.4 is 10.6 Å².